The highest BCUT2D eigenvalue weighted by Crippen LogP contribution is 2.28. The van der Waals surface area contributed by atoms with Crippen LogP contribution in [0.3, 0.4) is 0 Å². The van der Waals surface area contributed by atoms with Gasteiger partial charge in [-0.15, -0.1) is 0 Å². The third-order valence-electron chi connectivity index (χ3n) is 4.91. The Morgan fingerprint density at radius 2 is 1.67 bits per heavy atom. The van der Waals surface area contributed by atoms with Crippen LogP contribution in [0.25, 0.3) is 23.1 Å². The molecule has 4 rings (SSSR count). The fourth-order valence-corrected chi connectivity index (χ4v) is 4.14. The van der Waals surface area contributed by atoms with Gasteiger partial charge in [0.05, 0.1) is 5.52 Å². The minimum absolute atomic E-state index is 0.0141. The summed E-state index contributed by atoms with van der Waals surface area (Å²) >= 11 is 1.22. The van der Waals surface area contributed by atoms with E-state index in [1.165, 1.54) is 11.8 Å². The molecule has 0 unspecified atom stereocenters. The molecule has 0 fully saturated rings. The smallest absolute Gasteiger partial charge is 0.224 e. The highest BCUT2D eigenvalue weighted by atomic mass is 32.2. The quantitative estimate of drug-likeness (QED) is 0.301. The molecule has 4 aromatic rings. The van der Waals surface area contributed by atoms with Crippen molar-refractivity contribution in [1.29, 1.82) is 0 Å². The Labute approximate surface area is 180 Å². The topological polar surface area (TPSA) is 50.2 Å². The number of phenols is 1. The Kier molecular flexibility index (Phi) is 5.68. The van der Waals surface area contributed by atoms with E-state index in [9.17, 15) is 9.90 Å². The van der Waals surface area contributed by atoms with Gasteiger partial charge in [-0.3, -0.25) is 9.78 Å². The van der Waals surface area contributed by atoms with Crippen LogP contribution in [0, 0.1) is 13.8 Å². The number of carbonyl (C=O) groups excluding carboxylic acids is 1. The zero-order valence-electron chi connectivity index (χ0n) is 16.8. The van der Waals surface area contributed by atoms with Crippen molar-refractivity contribution in [2.75, 3.05) is 0 Å². The van der Waals surface area contributed by atoms with E-state index in [0.29, 0.717) is 11.3 Å². The molecular weight excluding hydrogens is 390 g/mol. The van der Waals surface area contributed by atoms with Crippen LogP contribution in [0.15, 0.2) is 77.8 Å². The van der Waals surface area contributed by atoms with Crippen LogP contribution >= 0.6 is 11.8 Å². The zero-order chi connectivity index (χ0) is 21.1. The second-order valence-electron chi connectivity index (χ2n) is 7.17. The zero-order valence-corrected chi connectivity index (χ0v) is 17.6. The number of hydrogen-bond acceptors (Lipinski definition) is 4. The van der Waals surface area contributed by atoms with Gasteiger partial charge in [0.1, 0.15) is 5.75 Å². The maximum atomic E-state index is 12.9. The number of phenolic OH excluding ortho intramolecular Hbond substituents is 1. The largest absolute Gasteiger partial charge is 0.507 e. The van der Waals surface area contributed by atoms with Gasteiger partial charge in [0.15, 0.2) is 0 Å². The average molecular weight is 412 g/mol. The monoisotopic (exact) mass is 411 g/mol. The predicted molar refractivity (Wildman–Crippen MR) is 125 cm³/mol. The number of aryl methyl sites for hydroxylation is 2. The van der Waals surface area contributed by atoms with Crippen molar-refractivity contribution < 1.29 is 9.90 Å². The van der Waals surface area contributed by atoms with Crippen LogP contribution in [0.1, 0.15) is 32.6 Å². The SMILES string of the molecule is Cc1cc(/C=C/c2cc(C(=O)Sc3ccccc3)cc3ncccc23)cc(C)c1O. The standard InChI is InChI=1S/C26H21NO2S/c1-17-13-19(14-18(2)25(17)28)10-11-20-15-21(16-24-23(20)9-6-12-27-24)26(29)30-22-7-4-3-5-8-22/h3-16,28H,1-2H3/b11-10+. The van der Waals surface area contributed by atoms with Crippen molar-refractivity contribution in [1.82, 2.24) is 4.98 Å². The van der Waals surface area contributed by atoms with Gasteiger partial charge in [-0.25, -0.2) is 0 Å². The normalized spacial score (nSPS) is 11.3. The van der Waals surface area contributed by atoms with Gasteiger partial charge in [-0.05, 0) is 90.3 Å². The molecule has 0 aliphatic rings. The highest BCUT2D eigenvalue weighted by Gasteiger charge is 2.12. The van der Waals surface area contributed by atoms with Gasteiger partial charge < -0.3 is 5.11 Å². The van der Waals surface area contributed by atoms with Gasteiger partial charge in [-0.1, -0.05) is 36.4 Å². The summed E-state index contributed by atoms with van der Waals surface area (Å²) in [6.07, 6.45) is 5.74. The fraction of sp³-hybridized carbons (Fsp3) is 0.0769. The third-order valence-corrected chi connectivity index (χ3v) is 5.84. The molecule has 1 aromatic heterocycles. The van der Waals surface area contributed by atoms with Crippen molar-refractivity contribution in [3.05, 3.63) is 101 Å². The molecule has 30 heavy (non-hydrogen) atoms. The number of rotatable bonds is 4. The first kappa shape index (κ1) is 19.9. The van der Waals surface area contributed by atoms with Crippen LogP contribution in [0.5, 0.6) is 5.75 Å². The maximum absolute atomic E-state index is 12.9. The van der Waals surface area contributed by atoms with Crippen molar-refractivity contribution in [3.8, 4) is 5.75 Å². The van der Waals surface area contributed by atoms with Gasteiger partial charge in [-0.2, -0.15) is 0 Å². The second-order valence-corrected chi connectivity index (χ2v) is 8.22. The molecule has 0 spiro atoms. The Bertz CT molecular complexity index is 1240. The molecule has 4 heteroatoms. The molecule has 3 nitrogen and oxygen atoms in total. The molecule has 0 aliphatic carbocycles. The highest BCUT2D eigenvalue weighted by molar-refractivity contribution is 8.14. The van der Waals surface area contributed by atoms with Crippen LogP contribution in [-0.4, -0.2) is 15.2 Å². The Morgan fingerprint density at radius 3 is 2.40 bits per heavy atom. The summed E-state index contributed by atoms with van der Waals surface area (Å²) in [5.74, 6) is 0.326. The van der Waals surface area contributed by atoms with Gasteiger partial charge in [0, 0.05) is 22.0 Å². The van der Waals surface area contributed by atoms with Crippen molar-refractivity contribution in [3.63, 3.8) is 0 Å². The van der Waals surface area contributed by atoms with Gasteiger partial charge in [0.25, 0.3) is 0 Å². The lowest BCUT2D eigenvalue weighted by molar-refractivity contribution is 0.108. The first-order chi connectivity index (χ1) is 14.5. The number of hydrogen-bond donors (Lipinski definition) is 1. The summed E-state index contributed by atoms with van der Waals surface area (Å²) in [7, 11) is 0. The lowest BCUT2D eigenvalue weighted by atomic mass is 10.0. The number of aromatic nitrogens is 1. The minimum Gasteiger partial charge on any atom is -0.507 e. The minimum atomic E-state index is -0.0141. The molecule has 1 N–H and O–H groups in total. The summed E-state index contributed by atoms with van der Waals surface area (Å²) in [6.45, 7) is 3.78. The van der Waals surface area contributed by atoms with Crippen LogP contribution in [-0.2, 0) is 0 Å². The van der Waals surface area contributed by atoms with E-state index >= 15 is 0 Å². The Hall–Kier alpha value is -3.37. The number of thioether (sulfide) groups is 1. The van der Waals surface area contributed by atoms with Gasteiger partial charge >= 0.3 is 0 Å². The van der Waals surface area contributed by atoms with E-state index in [-0.39, 0.29) is 5.12 Å². The predicted octanol–water partition coefficient (Wildman–Crippen LogP) is 6.66. The first-order valence-electron chi connectivity index (χ1n) is 9.65. The molecule has 1 heterocycles. The molecule has 0 bridgehead atoms. The Morgan fingerprint density at radius 1 is 0.933 bits per heavy atom. The Balaban J connectivity index is 1.73. The summed E-state index contributed by atoms with van der Waals surface area (Å²) in [6, 6.07) is 21.2. The molecule has 3 aromatic carbocycles. The third kappa shape index (κ3) is 4.29. The number of pyridine rings is 1. The number of aromatic hydroxyl groups is 1. The summed E-state index contributed by atoms with van der Waals surface area (Å²) in [5, 5.41) is 11.0. The van der Waals surface area contributed by atoms with E-state index in [2.05, 4.69) is 4.98 Å². The molecule has 0 atom stereocenters. The molecule has 0 saturated heterocycles. The molecule has 0 aliphatic heterocycles. The van der Waals surface area contributed by atoms with E-state index in [4.69, 9.17) is 0 Å². The first-order valence-corrected chi connectivity index (χ1v) is 10.5. The number of fused-ring (bicyclic) bond motifs is 1. The van der Waals surface area contributed by atoms with Crippen LogP contribution in [0.4, 0.5) is 0 Å². The van der Waals surface area contributed by atoms with Gasteiger partial charge in [0.2, 0.25) is 5.12 Å². The second kappa shape index (κ2) is 8.56. The summed E-state index contributed by atoms with van der Waals surface area (Å²) < 4.78 is 0. The number of carbonyl (C=O) groups is 1. The van der Waals surface area contributed by atoms with Crippen molar-refractivity contribution >= 4 is 39.9 Å². The van der Waals surface area contributed by atoms with E-state index in [1.807, 2.05) is 92.7 Å². The average Bonchev–Trinajstić information content (AvgIpc) is 2.76. The molecular formula is C26H21NO2S. The lowest BCUT2D eigenvalue weighted by Crippen LogP contribution is -1.96. The van der Waals surface area contributed by atoms with Crippen molar-refractivity contribution in [2.24, 2.45) is 0 Å². The summed E-state index contributed by atoms with van der Waals surface area (Å²) in [4.78, 5) is 18.3. The molecule has 148 valence electrons. The van der Waals surface area contributed by atoms with Crippen LogP contribution < -0.4 is 0 Å². The molecule has 0 saturated carbocycles. The fourth-order valence-electron chi connectivity index (χ4n) is 3.39. The number of benzene rings is 3. The van der Waals surface area contributed by atoms with E-state index < -0.39 is 0 Å². The lowest BCUT2D eigenvalue weighted by Gasteiger charge is -2.08. The van der Waals surface area contributed by atoms with Crippen molar-refractivity contribution in [2.45, 2.75) is 18.7 Å². The van der Waals surface area contributed by atoms with E-state index in [0.717, 1.165) is 38.1 Å². The maximum Gasteiger partial charge on any atom is 0.224 e. The number of nitrogens with zero attached hydrogens (tertiary/aromatic N) is 1. The van der Waals surface area contributed by atoms with E-state index in [1.54, 1.807) is 6.20 Å². The molecule has 0 amide bonds. The molecule has 0 radical (unpaired) electrons. The van der Waals surface area contributed by atoms with Crippen LogP contribution in [0.2, 0.25) is 0 Å². The summed E-state index contributed by atoms with van der Waals surface area (Å²) in [5.41, 5.74) is 5.01.